The molecule has 2 aliphatic heterocycles. The highest BCUT2D eigenvalue weighted by Crippen LogP contribution is 2.42. The van der Waals surface area contributed by atoms with Gasteiger partial charge in [-0.05, 0) is 30.7 Å². The standard InChI is InChI=1S/C20H22N2O3/c1-22-10-9-16-15(7-8-18-20(16)25-13-24-18)17(22)12-21-19(23)11-14-5-3-2-4-6-14/h2-8,17H,9-13H2,1H3,(H,21,23)/t17-/m0/s1. The van der Waals surface area contributed by atoms with Crippen LogP contribution in [0.5, 0.6) is 11.5 Å². The van der Waals surface area contributed by atoms with Crippen LogP contribution in [0, 0.1) is 0 Å². The normalized spacial score (nSPS) is 18.7. The summed E-state index contributed by atoms with van der Waals surface area (Å²) in [6.45, 7) is 1.82. The first kappa shape index (κ1) is 16.0. The highest BCUT2D eigenvalue weighted by molar-refractivity contribution is 5.78. The Morgan fingerprint density at radius 3 is 2.88 bits per heavy atom. The Kier molecular flexibility index (Phi) is 4.32. The first-order chi connectivity index (χ1) is 12.2. The molecule has 25 heavy (non-hydrogen) atoms. The van der Waals surface area contributed by atoms with E-state index in [-0.39, 0.29) is 11.9 Å². The number of nitrogens with one attached hydrogen (secondary N) is 1. The van der Waals surface area contributed by atoms with Gasteiger partial charge in [-0.1, -0.05) is 36.4 Å². The van der Waals surface area contributed by atoms with E-state index < -0.39 is 0 Å². The van der Waals surface area contributed by atoms with Gasteiger partial charge in [-0.3, -0.25) is 9.69 Å². The lowest BCUT2D eigenvalue weighted by molar-refractivity contribution is -0.120. The second-order valence-electron chi connectivity index (χ2n) is 6.58. The number of hydrogen-bond donors (Lipinski definition) is 1. The van der Waals surface area contributed by atoms with E-state index in [4.69, 9.17) is 9.47 Å². The van der Waals surface area contributed by atoms with Crippen molar-refractivity contribution in [2.24, 2.45) is 0 Å². The zero-order valence-electron chi connectivity index (χ0n) is 14.3. The van der Waals surface area contributed by atoms with Gasteiger partial charge >= 0.3 is 0 Å². The van der Waals surface area contributed by atoms with E-state index >= 15 is 0 Å². The van der Waals surface area contributed by atoms with Crippen LogP contribution in [0.15, 0.2) is 42.5 Å². The van der Waals surface area contributed by atoms with Gasteiger partial charge in [0.1, 0.15) is 0 Å². The SMILES string of the molecule is CN1CCc2c(ccc3c2OCO3)[C@@H]1CNC(=O)Cc1ccccc1. The lowest BCUT2D eigenvalue weighted by atomic mass is 9.91. The van der Waals surface area contributed by atoms with Gasteiger partial charge in [-0.2, -0.15) is 0 Å². The maximum atomic E-state index is 12.3. The molecule has 0 spiro atoms. The molecule has 2 aromatic rings. The van der Waals surface area contributed by atoms with Crippen molar-refractivity contribution in [1.82, 2.24) is 10.2 Å². The molecule has 4 rings (SSSR count). The molecule has 2 heterocycles. The number of benzene rings is 2. The van der Waals surface area contributed by atoms with Gasteiger partial charge in [0.25, 0.3) is 0 Å². The predicted octanol–water partition coefficient (Wildman–Crippen LogP) is 2.30. The highest BCUT2D eigenvalue weighted by Gasteiger charge is 2.30. The monoisotopic (exact) mass is 338 g/mol. The van der Waals surface area contributed by atoms with E-state index in [0.29, 0.717) is 19.8 Å². The Bertz CT molecular complexity index is 776. The summed E-state index contributed by atoms with van der Waals surface area (Å²) in [6.07, 6.45) is 1.35. The molecule has 0 bridgehead atoms. The van der Waals surface area contributed by atoms with Crippen LogP contribution in [-0.2, 0) is 17.6 Å². The maximum Gasteiger partial charge on any atom is 0.231 e. The minimum absolute atomic E-state index is 0.0486. The van der Waals surface area contributed by atoms with E-state index in [0.717, 1.165) is 30.0 Å². The number of carbonyl (C=O) groups excluding carboxylic acids is 1. The average molecular weight is 338 g/mol. The molecule has 0 aliphatic carbocycles. The summed E-state index contributed by atoms with van der Waals surface area (Å²) in [6, 6.07) is 14.0. The van der Waals surface area contributed by atoms with Crippen molar-refractivity contribution in [3.05, 3.63) is 59.2 Å². The lowest BCUT2D eigenvalue weighted by Crippen LogP contribution is -2.40. The Morgan fingerprint density at radius 1 is 1.20 bits per heavy atom. The largest absolute Gasteiger partial charge is 0.454 e. The Morgan fingerprint density at radius 2 is 2.04 bits per heavy atom. The second kappa shape index (κ2) is 6.76. The summed E-state index contributed by atoms with van der Waals surface area (Å²) in [5, 5.41) is 3.09. The van der Waals surface area contributed by atoms with Crippen LogP contribution in [0.4, 0.5) is 0 Å². The van der Waals surface area contributed by atoms with Crippen molar-refractivity contribution in [3.63, 3.8) is 0 Å². The highest BCUT2D eigenvalue weighted by atomic mass is 16.7. The molecule has 0 saturated heterocycles. The molecule has 0 unspecified atom stereocenters. The topological polar surface area (TPSA) is 50.8 Å². The minimum Gasteiger partial charge on any atom is -0.454 e. The fourth-order valence-electron chi connectivity index (χ4n) is 3.62. The fraction of sp³-hybridized carbons (Fsp3) is 0.350. The summed E-state index contributed by atoms with van der Waals surface area (Å²) in [5.41, 5.74) is 3.47. The van der Waals surface area contributed by atoms with Gasteiger partial charge in [0.15, 0.2) is 11.5 Å². The Balaban J connectivity index is 1.47. The molecule has 2 aliphatic rings. The number of nitrogens with zero attached hydrogens (tertiary/aromatic N) is 1. The summed E-state index contributed by atoms with van der Waals surface area (Å²) in [4.78, 5) is 14.6. The van der Waals surface area contributed by atoms with Crippen LogP contribution in [0.2, 0.25) is 0 Å². The quantitative estimate of drug-likeness (QED) is 0.929. The molecule has 0 saturated carbocycles. The fourth-order valence-corrected chi connectivity index (χ4v) is 3.62. The number of fused-ring (bicyclic) bond motifs is 3. The first-order valence-electron chi connectivity index (χ1n) is 8.64. The Hall–Kier alpha value is -2.53. The number of amides is 1. The molecule has 0 radical (unpaired) electrons. The predicted molar refractivity (Wildman–Crippen MR) is 94.8 cm³/mol. The average Bonchev–Trinajstić information content (AvgIpc) is 3.10. The number of ether oxygens (including phenoxy) is 2. The number of carbonyl (C=O) groups is 1. The van der Waals surface area contributed by atoms with Gasteiger partial charge in [0, 0.05) is 18.7 Å². The summed E-state index contributed by atoms with van der Waals surface area (Å²) in [7, 11) is 2.10. The number of likely N-dealkylation sites (N-methyl/N-ethyl adjacent to an activating group) is 1. The van der Waals surface area contributed by atoms with Gasteiger partial charge in [-0.25, -0.2) is 0 Å². The van der Waals surface area contributed by atoms with Gasteiger partial charge in [-0.15, -0.1) is 0 Å². The number of hydrogen-bond acceptors (Lipinski definition) is 4. The molecule has 1 atom stereocenters. The molecule has 5 heteroatoms. The van der Waals surface area contributed by atoms with E-state index in [9.17, 15) is 4.79 Å². The zero-order chi connectivity index (χ0) is 17.2. The zero-order valence-corrected chi connectivity index (χ0v) is 14.3. The molecule has 0 fully saturated rings. The molecular formula is C20H22N2O3. The third kappa shape index (κ3) is 3.20. The van der Waals surface area contributed by atoms with Gasteiger partial charge in [0.05, 0.1) is 12.5 Å². The maximum absolute atomic E-state index is 12.3. The smallest absolute Gasteiger partial charge is 0.231 e. The molecule has 1 amide bonds. The Labute approximate surface area is 147 Å². The van der Waals surface area contributed by atoms with Crippen molar-refractivity contribution in [2.45, 2.75) is 18.9 Å². The third-order valence-corrected chi connectivity index (χ3v) is 4.98. The molecule has 1 N–H and O–H groups in total. The van der Waals surface area contributed by atoms with Gasteiger partial charge in [0.2, 0.25) is 12.7 Å². The van der Waals surface area contributed by atoms with E-state index in [1.165, 1.54) is 11.1 Å². The van der Waals surface area contributed by atoms with Crippen LogP contribution in [0.3, 0.4) is 0 Å². The molecular weight excluding hydrogens is 316 g/mol. The van der Waals surface area contributed by atoms with Crippen molar-refractivity contribution in [2.75, 3.05) is 26.9 Å². The second-order valence-corrected chi connectivity index (χ2v) is 6.58. The van der Waals surface area contributed by atoms with Crippen LogP contribution >= 0.6 is 0 Å². The van der Waals surface area contributed by atoms with E-state index in [1.54, 1.807) is 0 Å². The van der Waals surface area contributed by atoms with Crippen molar-refractivity contribution in [1.29, 1.82) is 0 Å². The number of rotatable bonds is 4. The third-order valence-electron chi connectivity index (χ3n) is 4.98. The van der Waals surface area contributed by atoms with E-state index in [1.807, 2.05) is 36.4 Å². The van der Waals surface area contributed by atoms with Crippen LogP contribution in [0.1, 0.15) is 22.7 Å². The van der Waals surface area contributed by atoms with Gasteiger partial charge < -0.3 is 14.8 Å². The summed E-state index contributed by atoms with van der Waals surface area (Å²) < 4.78 is 11.1. The van der Waals surface area contributed by atoms with Crippen LogP contribution in [-0.4, -0.2) is 37.7 Å². The molecule has 5 nitrogen and oxygen atoms in total. The molecule has 130 valence electrons. The van der Waals surface area contributed by atoms with Crippen molar-refractivity contribution in [3.8, 4) is 11.5 Å². The molecule has 0 aromatic heterocycles. The van der Waals surface area contributed by atoms with Crippen LogP contribution < -0.4 is 14.8 Å². The lowest BCUT2D eigenvalue weighted by Gasteiger charge is -2.35. The van der Waals surface area contributed by atoms with E-state index in [2.05, 4.69) is 23.3 Å². The minimum atomic E-state index is 0.0486. The summed E-state index contributed by atoms with van der Waals surface area (Å²) in [5.74, 6) is 1.76. The molecule has 2 aromatic carbocycles. The summed E-state index contributed by atoms with van der Waals surface area (Å²) >= 11 is 0. The van der Waals surface area contributed by atoms with Crippen molar-refractivity contribution >= 4 is 5.91 Å². The first-order valence-corrected chi connectivity index (χ1v) is 8.64. The van der Waals surface area contributed by atoms with Crippen molar-refractivity contribution < 1.29 is 14.3 Å². The van der Waals surface area contributed by atoms with Crippen LogP contribution in [0.25, 0.3) is 0 Å².